The first-order valence-electron chi connectivity index (χ1n) is 10.4. The van der Waals surface area contributed by atoms with E-state index in [0.717, 1.165) is 42.7 Å². The van der Waals surface area contributed by atoms with Crippen molar-refractivity contribution in [3.63, 3.8) is 0 Å². The lowest BCUT2D eigenvalue weighted by Gasteiger charge is -2.29. The zero-order valence-electron chi connectivity index (χ0n) is 17.0. The average Bonchev–Trinajstić information content (AvgIpc) is 3.32. The molecule has 0 saturated heterocycles. The summed E-state index contributed by atoms with van der Waals surface area (Å²) >= 11 is 0. The molecule has 0 aliphatic heterocycles. The minimum Gasteiger partial charge on any atom is -0.346 e. The van der Waals surface area contributed by atoms with E-state index in [-0.39, 0.29) is 18.3 Å². The fourth-order valence-electron chi connectivity index (χ4n) is 4.77. The van der Waals surface area contributed by atoms with Gasteiger partial charge in [-0.2, -0.15) is 13.2 Å². The van der Waals surface area contributed by atoms with Crippen LogP contribution >= 0.6 is 0 Å². The van der Waals surface area contributed by atoms with Gasteiger partial charge in [-0.05, 0) is 36.5 Å². The Bertz CT molecular complexity index is 1300. The van der Waals surface area contributed by atoms with E-state index in [2.05, 4.69) is 21.9 Å². The average molecular weight is 429 g/mol. The normalized spacial score (nSPS) is 20.0. The lowest BCUT2D eigenvalue weighted by Crippen LogP contribution is -2.32. The summed E-state index contributed by atoms with van der Waals surface area (Å²) in [5, 5.41) is 0.872. The zero-order chi connectivity index (χ0) is 21.8. The lowest BCUT2D eigenvalue weighted by molar-refractivity contribution is -0.141. The zero-order valence-corrected chi connectivity index (χ0v) is 17.0. The predicted octanol–water partition coefficient (Wildman–Crippen LogP) is 4.89. The number of halogens is 3. The number of hydrogen-bond donors (Lipinski definition) is 1. The minimum absolute atomic E-state index is 0.0798. The molecule has 6 nitrogen and oxygen atoms in total. The third-order valence-corrected chi connectivity index (χ3v) is 6.36. The SMILES string of the molecule is C[C@@H]1CCCC[C@@H]1n1c(=O)n(Cc2ccc(C(F)(F)F)nc2)c2cnc3[nH]ccc3c21. The molecule has 4 aromatic heterocycles. The van der Waals surface area contributed by atoms with Gasteiger partial charge in [-0.15, -0.1) is 0 Å². The number of rotatable bonds is 3. The van der Waals surface area contributed by atoms with Gasteiger partial charge in [0, 0.05) is 23.8 Å². The number of imidazole rings is 1. The van der Waals surface area contributed by atoms with E-state index >= 15 is 0 Å². The molecule has 0 radical (unpaired) electrons. The molecule has 1 saturated carbocycles. The molecule has 0 spiro atoms. The second kappa shape index (κ2) is 7.25. The molecule has 1 fully saturated rings. The Morgan fingerprint density at radius 3 is 2.65 bits per heavy atom. The first-order chi connectivity index (χ1) is 14.8. The number of fused-ring (bicyclic) bond motifs is 3. The van der Waals surface area contributed by atoms with Gasteiger partial charge in [0.05, 0.1) is 23.8 Å². The number of aromatic nitrogens is 5. The van der Waals surface area contributed by atoms with Crippen molar-refractivity contribution < 1.29 is 13.2 Å². The highest BCUT2D eigenvalue weighted by molar-refractivity contribution is 6.01. The van der Waals surface area contributed by atoms with Crippen LogP contribution < -0.4 is 5.69 Å². The van der Waals surface area contributed by atoms with Gasteiger partial charge >= 0.3 is 11.9 Å². The topological polar surface area (TPSA) is 68.5 Å². The van der Waals surface area contributed by atoms with Crippen molar-refractivity contribution >= 4 is 22.1 Å². The Hall–Kier alpha value is -3.10. The molecular formula is C22H22F3N5O. The molecule has 2 atom stereocenters. The molecule has 1 aliphatic carbocycles. The summed E-state index contributed by atoms with van der Waals surface area (Å²) in [4.78, 5) is 24.7. The monoisotopic (exact) mass is 429 g/mol. The van der Waals surface area contributed by atoms with Gasteiger partial charge in [-0.1, -0.05) is 25.8 Å². The number of alkyl halides is 3. The number of nitrogens with zero attached hydrogens (tertiary/aromatic N) is 4. The largest absolute Gasteiger partial charge is 0.433 e. The standard InChI is InChI=1S/C22H22F3N5O/c1-13-4-2-3-5-16(13)30-19-15-8-9-26-20(15)28-11-17(19)29(21(30)31)12-14-6-7-18(27-10-14)22(23,24)25/h6-11,13,16H,2-5,12H2,1H3,(H,26,28)/t13-,16+/m1/s1. The molecule has 4 heterocycles. The molecule has 5 rings (SSSR count). The summed E-state index contributed by atoms with van der Waals surface area (Å²) < 4.78 is 42.0. The Morgan fingerprint density at radius 1 is 1.13 bits per heavy atom. The number of aromatic amines is 1. The van der Waals surface area contributed by atoms with Crippen molar-refractivity contribution in [3.8, 4) is 0 Å². The summed E-state index contributed by atoms with van der Waals surface area (Å²) in [7, 11) is 0. The van der Waals surface area contributed by atoms with Gasteiger partial charge in [0.2, 0.25) is 0 Å². The Morgan fingerprint density at radius 2 is 1.94 bits per heavy atom. The van der Waals surface area contributed by atoms with Gasteiger partial charge in [-0.25, -0.2) is 9.78 Å². The van der Waals surface area contributed by atoms with Gasteiger partial charge in [0.1, 0.15) is 11.3 Å². The van der Waals surface area contributed by atoms with Crippen molar-refractivity contribution in [1.82, 2.24) is 24.1 Å². The highest BCUT2D eigenvalue weighted by atomic mass is 19.4. The molecule has 31 heavy (non-hydrogen) atoms. The first-order valence-corrected chi connectivity index (χ1v) is 10.4. The number of pyridine rings is 2. The third kappa shape index (κ3) is 3.32. The lowest BCUT2D eigenvalue weighted by atomic mass is 9.85. The van der Waals surface area contributed by atoms with Crippen molar-refractivity contribution in [3.05, 3.63) is 58.5 Å². The second-order valence-electron chi connectivity index (χ2n) is 8.35. The molecule has 1 N–H and O–H groups in total. The molecule has 162 valence electrons. The molecule has 0 bridgehead atoms. The molecule has 9 heteroatoms. The first kappa shape index (κ1) is 19.8. The maximum absolute atomic E-state index is 13.6. The molecule has 1 aliphatic rings. The smallest absolute Gasteiger partial charge is 0.346 e. The summed E-state index contributed by atoms with van der Waals surface area (Å²) in [6.07, 6.45) is 4.37. The number of hydrogen-bond acceptors (Lipinski definition) is 3. The van der Waals surface area contributed by atoms with E-state index in [1.54, 1.807) is 17.0 Å². The van der Waals surface area contributed by atoms with E-state index in [9.17, 15) is 18.0 Å². The van der Waals surface area contributed by atoms with E-state index in [4.69, 9.17) is 0 Å². The van der Waals surface area contributed by atoms with Gasteiger partial charge in [0.15, 0.2) is 0 Å². The van der Waals surface area contributed by atoms with E-state index in [0.29, 0.717) is 22.6 Å². The summed E-state index contributed by atoms with van der Waals surface area (Å²) in [5.41, 5.74) is 1.63. The van der Waals surface area contributed by atoms with E-state index in [1.807, 2.05) is 10.6 Å². The maximum atomic E-state index is 13.6. The fraction of sp³-hybridized carbons (Fsp3) is 0.409. The van der Waals surface area contributed by atoms with Crippen LogP contribution in [0.5, 0.6) is 0 Å². The van der Waals surface area contributed by atoms with Crippen molar-refractivity contribution in [2.45, 2.75) is 51.4 Å². The minimum atomic E-state index is -4.49. The van der Waals surface area contributed by atoms with Crippen molar-refractivity contribution in [2.24, 2.45) is 5.92 Å². The van der Waals surface area contributed by atoms with Gasteiger partial charge in [-0.3, -0.25) is 14.1 Å². The van der Waals surface area contributed by atoms with Crippen LogP contribution in [0.3, 0.4) is 0 Å². The van der Waals surface area contributed by atoms with Gasteiger partial charge < -0.3 is 4.98 Å². The van der Waals surface area contributed by atoms with Crippen LogP contribution in [0.4, 0.5) is 13.2 Å². The van der Waals surface area contributed by atoms with Crippen molar-refractivity contribution in [2.75, 3.05) is 0 Å². The highest BCUT2D eigenvalue weighted by Gasteiger charge is 2.32. The molecule has 0 aromatic carbocycles. The molecular weight excluding hydrogens is 407 g/mol. The highest BCUT2D eigenvalue weighted by Crippen LogP contribution is 2.36. The Balaban J connectivity index is 1.67. The van der Waals surface area contributed by atoms with Crippen LogP contribution in [-0.2, 0) is 12.7 Å². The molecule has 4 aromatic rings. The van der Waals surface area contributed by atoms with Crippen LogP contribution in [0.2, 0.25) is 0 Å². The van der Waals surface area contributed by atoms with Crippen LogP contribution in [0, 0.1) is 5.92 Å². The number of nitrogens with one attached hydrogen (secondary N) is 1. The third-order valence-electron chi connectivity index (χ3n) is 6.36. The van der Waals surface area contributed by atoms with Gasteiger partial charge in [0.25, 0.3) is 0 Å². The van der Waals surface area contributed by atoms with Crippen molar-refractivity contribution in [1.29, 1.82) is 0 Å². The Kier molecular flexibility index (Phi) is 4.64. The maximum Gasteiger partial charge on any atom is 0.433 e. The van der Waals surface area contributed by atoms with E-state index in [1.165, 1.54) is 12.3 Å². The second-order valence-corrected chi connectivity index (χ2v) is 8.35. The van der Waals surface area contributed by atoms with E-state index < -0.39 is 11.9 Å². The van der Waals surface area contributed by atoms with Crippen LogP contribution in [0.15, 0.2) is 41.6 Å². The quantitative estimate of drug-likeness (QED) is 0.504. The summed E-state index contributed by atoms with van der Waals surface area (Å²) in [6.45, 7) is 2.31. The summed E-state index contributed by atoms with van der Waals surface area (Å²) in [6, 6.07) is 4.32. The number of H-pyrrole nitrogens is 1. The van der Waals surface area contributed by atoms with Crippen LogP contribution in [0.25, 0.3) is 22.1 Å². The van der Waals surface area contributed by atoms with Crippen LogP contribution in [0.1, 0.15) is 49.9 Å². The fourth-order valence-corrected chi connectivity index (χ4v) is 4.77. The molecule has 0 unspecified atom stereocenters. The molecule has 0 amide bonds. The Labute approximate surface area is 175 Å². The predicted molar refractivity (Wildman–Crippen MR) is 111 cm³/mol. The van der Waals surface area contributed by atoms with Crippen LogP contribution in [-0.4, -0.2) is 24.1 Å². The summed E-state index contributed by atoms with van der Waals surface area (Å²) in [5.74, 6) is 0.361.